The van der Waals surface area contributed by atoms with Gasteiger partial charge in [-0.15, -0.1) is 0 Å². The summed E-state index contributed by atoms with van der Waals surface area (Å²) in [6.07, 6.45) is 5.00. The zero-order valence-electron chi connectivity index (χ0n) is 18.4. The van der Waals surface area contributed by atoms with Crippen LogP contribution in [0.2, 0.25) is 5.28 Å². The fourth-order valence-corrected chi connectivity index (χ4v) is 4.71. The van der Waals surface area contributed by atoms with Gasteiger partial charge in [-0.25, -0.2) is 5.06 Å². The summed E-state index contributed by atoms with van der Waals surface area (Å²) in [6, 6.07) is 0.0197. The Morgan fingerprint density at radius 2 is 2.09 bits per heavy atom. The summed E-state index contributed by atoms with van der Waals surface area (Å²) in [5.41, 5.74) is 4.98. The number of rotatable bonds is 9. The number of amides is 2. The van der Waals surface area contributed by atoms with Gasteiger partial charge < -0.3 is 9.80 Å². The second-order valence-electron chi connectivity index (χ2n) is 8.71. The van der Waals surface area contributed by atoms with Crippen molar-refractivity contribution in [3.05, 3.63) is 11.1 Å². The molecule has 1 saturated heterocycles. The van der Waals surface area contributed by atoms with Crippen LogP contribution in [0.5, 0.6) is 0 Å². The lowest BCUT2D eigenvalue weighted by Gasteiger charge is -2.39. The summed E-state index contributed by atoms with van der Waals surface area (Å²) >= 11 is 6.04. The molecule has 1 aromatic rings. The molecule has 32 heavy (non-hydrogen) atoms. The molecule has 0 radical (unpaired) electrons. The maximum atomic E-state index is 15.2. The van der Waals surface area contributed by atoms with E-state index in [1.807, 2.05) is 18.9 Å². The van der Waals surface area contributed by atoms with Crippen molar-refractivity contribution in [2.45, 2.75) is 45.1 Å². The van der Waals surface area contributed by atoms with Gasteiger partial charge in [0.05, 0.1) is 12.5 Å². The lowest BCUT2D eigenvalue weighted by Crippen LogP contribution is -2.51. The highest BCUT2D eigenvalue weighted by molar-refractivity contribution is 6.28. The van der Waals surface area contributed by atoms with E-state index in [0.29, 0.717) is 23.9 Å². The zero-order chi connectivity index (χ0) is 23.3. The molecule has 0 spiro atoms. The second kappa shape index (κ2) is 11.1. The Morgan fingerprint density at radius 1 is 1.38 bits per heavy atom. The van der Waals surface area contributed by atoms with Crippen molar-refractivity contribution in [1.29, 1.82) is 0 Å². The van der Waals surface area contributed by atoms with Gasteiger partial charge in [-0.3, -0.25) is 25.6 Å². The van der Waals surface area contributed by atoms with Crippen molar-refractivity contribution >= 4 is 35.6 Å². The Morgan fingerprint density at radius 3 is 2.75 bits per heavy atom. The van der Waals surface area contributed by atoms with Crippen LogP contribution in [0.1, 0.15) is 39.0 Å². The number of likely N-dealkylation sites (N-methyl/N-ethyl adjacent to an activating group) is 1. The molecule has 3 N–H and O–H groups in total. The maximum absolute atomic E-state index is 15.2. The molecule has 2 aliphatic rings. The number of carbonyl (C=O) groups is 2. The Balaban J connectivity index is 1.70. The molecule has 0 aromatic carbocycles. The topological polar surface area (TPSA) is 114 Å². The van der Waals surface area contributed by atoms with Gasteiger partial charge in [0.25, 0.3) is 0 Å². The van der Waals surface area contributed by atoms with E-state index in [4.69, 9.17) is 11.6 Å². The molecular formula is C20H31ClFN7O3. The quantitative estimate of drug-likeness (QED) is 0.216. The monoisotopic (exact) mass is 471 g/mol. The summed E-state index contributed by atoms with van der Waals surface area (Å²) in [7, 11) is 2.00. The molecular weight excluding hydrogens is 441 g/mol. The van der Waals surface area contributed by atoms with Crippen molar-refractivity contribution in [2.75, 3.05) is 43.6 Å². The van der Waals surface area contributed by atoms with Crippen LogP contribution >= 0.6 is 11.6 Å². The van der Waals surface area contributed by atoms with Crippen molar-refractivity contribution in [1.82, 2.24) is 25.4 Å². The Labute approximate surface area is 192 Å². The van der Waals surface area contributed by atoms with Gasteiger partial charge >= 0.3 is 0 Å². The molecule has 1 aliphatic heterocycles. The first-order valence-electron chi connectivity index (χ1n) is 10.9. The predicted octanol–water partition coefficient (Wildman–Crippen LogP) is 1.90. The van der Waals surface area contributed by atoms with E-state index < -0.39 is 17.6 Å². The number of piperazine rings is 1. The molecule has 2 fully saturated rings. The molecule has 1 aromatic heterocycles. The Hall–Kier alpha value is -2.24. The van der Waals surface area contributed by atoms with Crippen LogP contribution in [0.4, 0.5) is 16.0 Å². The molecule has 178 valence electrons. The van der Waals surface area contributed by atoms with Gasteiger partial charge in [0.2, 0.25) is 23.4 Å². The van der Waals surface area contributed by atoms with Crippen LogP contribution in [0, 0.1) is 17.7 Å². The van der Waals surface area contributed by atoms with Crippen LogP contribution in [-0.4, -0.2) is 76.7 Å². The number of halogens is 2. The summed E-state index contributed by atoms with van der Waals surface area (Å²) in [4.78, 5) is 35.5. The van der Waals surface area contributed by atoms with Crippen molar-refractivity contribution in [2.24, 2.45) is 11.8 Å². The third-order valence-corrected chi connectivity index (χ3v) is 6.37. The van der Waals surface area contributed by atoms with Gasteiger partial charge in [0.15, 0.2) is 11.6 Å². The third kappa shape index (κ3) is 6.17. The molecule has 2 amide bonds. The highest BCUT2D eigenvalue weighted by atomic mass is 35.5. The summed E-state index contributed by atoms with van der Waals surface area (Å²) in [6.45, 7) is 3.90. The normalized spacial score (nSPS) is 20.8. The molecule has 0 bridgehead atoms. The van der Waals surface area contributed by atoms with E-state index in [-0.39, 0.29) is 35.9 Å². The molecule has 3 rings (SSSR count). The average Bonchev–Trinajstić information content (AvgIpc) is 3.26. The minimum absolute atomic E-state index is 0.0197. The lowest BCUT2D eigenvalue weighted by atomic mass is 9.92. The van der Waals surface area contributed by atoms with E-state index >= 15 is 4.39 Å². The molecule has 10 nitrogen and oxygen atoms in total. The standard InChI is InChI=1S/C20H31ClFN7O3/c1-13-10-27(2)7-8-29(13)18-16(22)17(23-20(21)24-18)25-26-19(31)15(11-28(32)12-30)9-14-5-3-4-6-14/h12-15,32H,3-11H2,1-2H3,(H,26,31)(H,23,24,25)/t13-,15-/m0/s1. The lowest BCUT2D eigenvalue weighted by molar-refractivity contribution is -0.154. The highest BCUT2D eigenvalue weighted by Gasteiger charge is 2.29. The minimum Gasteiger partial charge on any atom is -0.349 e. The van der Waals surface area contributed by atoms with E-state index in [0.717, 1.165) is 38.8 Å². The molecule has 2 atom stereocenters. The van der Waals surface area contributed by atoms with Crippen LogP contribution in [0.15, 0.2) is 0 Å². The zero-order valence-corrected chi connectivity index (χ0v) is 19.2. The smallest absolute Gasteiger partial charge is 0.243 e. The van der Waals surface area contributed by atoms with E-state index in [9.17, 15) is 14.8 Å². The first-order valence-corrected chi connectivity index (χ1v) is 11.3. The number of anilines is 2. The predicted molar refractivity (Wildman–Crippen MR) is 118 cm³/mol. The molecule has 12 heteroatoms. The van der Waals surface area contributed by atoms with Gasteiger partial charge in [-0.05, 0) is 37.9 Å². The van der Waals surface area contributed by atoms with Crippen LogP contribution in [0.25, 0.3) is 0 Å². The third-order valence-electron chi connectivity index (χ3n) is 6.21. The summed E-state index contributed by atoms with van der Waals surface area (Å²) in [5.74, 6) is -1.65. The van der Waals surface area contributed by atoms with Crippen LogP contribution < -0.4 is 15.8 Å². The molecule has 1 aliphatic carbocycles. The number of carbonyl (C=O) groups excluding carboxylic acids is 2. The van der Waals surface area contributed by atoms with E-state index in [1.54, 1.807) is 0 Å². The highest BCUT2D eigenvalue weighted by Crippen LogP contribution is 2.31. The number of hydrazine groups is 1. The Kier molecular flexibility index (Phi) is 8.44. The first kappa shape index (κ1) is 24.4. The fraction of sp³-hybridized carbons (Fsp3) is 0.700. The average molecular weight is 472 g/mol. The number of hydrogen-bond acceptors (Lipinski definition) is 8. The van der Waals surface area contributed by atoms with E-state index in [1.165, 1.54) is 0 Å². The number of aromatic nitrogens is 2. The van der Waals surface area contributed by atoms with Gasteiger partial charge in [0.1, 0.15) is 0 Å². The number of hydrogen-bond donors (Lipinski definition) is 3. The number of nitrogens with one attached hydrogen (secondary N) is 2. The van der Waals surface area contributed by atoms with Crippen molar-refractivity contribution < 1.29 is 19.2 Å². The summed E-state index contributed by atoms with van der Waals surface area (Å²) in [5, 5.41) is 9.91. The van der Waals surface area contributed by atoms with E-state index in [2.05, 4.69) is 25.7 Å². The largest absolute Gasteiger partial charge is 0.349 e. The van der Waals surface area contributed by atoms with Gasteiger partial charge in [-0.1, -0.05) is 25.7 Å². The molecule has 2 heterocycles. The van der Waals surface area contributed by atoms with Gasteiger partial charge in [-0.2, -0.15) is 14.4 Å². The maximum Gasteiger partial charge on any atom is 0.243 e. The first-order chi connectivity index (χ1) is 15.3. The number of nitrogens with zero attached hydrogens (tertiary/aromatic N) is 5. The van der Waals surface area contributed by atoms with Crippen molar-refractivity contribution in [3.63, 3.8) is 0 Å². The number of hydroxylamine groups is 2. The molecule has 1 saturated carbocycles. The van der Waals surface area contributed by atoms with Crippen LogP contribution in [0.3, 0.4) is 0 Å². The van der Waals surface area contributed by atoms with Crippen LogP contribution in [-0.2, 0) is 9.59 Å². The molecule has 0 unspecified atom stereocenters. The van der Waals surface area contributed by atoms with Gasteiger partial charge in [0, 0.05) is 25.7 Å². The van der Waals surface area contributed by atoms with Crippen molar-refractivity contribution in [3.8, 4) is 0 Å². The Bertz CT molecular complexity index is 812. The summed E-state index contributed by atoms with van der Waals surface area (Å²) < 4.78 is 15.2. The fourth-order valence-electron chi connectivity index (χ4n) is 4.54. The SMILES string of the molecule is C[C@H]1CN(C)CCN1c1nc(Cl)nc(NNC(=O)[C@@H](CC2CCCC2)CN(O)C=O)c1F. The second-order valence-corrected chi connectivity index (χ2v) is 9.05. The minimum atomic E-state index is -0.713.